The summed E-state index contributed by atoms with van der Waals surface area (Å²) < 4.78 is 7.37. The zero-order chi connectivity index (χ0) is 19.9. The van der Waals surface area contributed by atoms with Crippen molar-refractivity contribution in [1.29, 1.82) is 0 Å². The average Bonchev–Trinajstić information content (AvgIpc) is 3.11. The Morgan fingerprint density at radius 2 is 2.07 bits per heavy atom. The number of carbonyl (C=O) groups excluding carboxylic acids is 1. The van der Waals surface area contributed by atoms with E-state index in [0.29, 0.717) is 31.3 Å². The third-order valence-electron chi connectivity index (χ3n) is 4.29. The van der Waals surface area contributed by atoms with Gasteiger partial charge in [0.25, 0.3) is 0 Å². The van der Waals surface area contributed by atoms with Gasteiger partial charge >= 0.3 is 0 Å². The van der Waals surface area contributed by atoms with E-state index in [4.69, 9.17) is 16.3 Å². The van der Waals surface area contributed by atoms with Gasteiger partial charge in [0.05, 0.1) is 18.4 Å². The van der Waals surface area contributed by atoms with Crippen LogP contribution in [-0.2, 0) is 11.8 Å². The van der Waals surface area contributed by atoms with Gasteiger partial charge in [0.15, 0.2) is 5.96 Å². The van der Waals surface area contributed by atoms with Crippen LogP contribution >= 0.6 is 35.6 Å². The predicted molar refractivity (Wildman–Crippen MR) is 125 cm³/mol. The Morgan fingerprint density at radius 1 is 1.31 bits per heavy atom. The van der Waals surface area contributed by atoms with Crippen LogP contribution in [0.25, 0.3) is 0 Å². The summed E-state index contributed by atoms with van der Waals surface area (Å²) in [6.45, 7) is 5.24. The molecule has 10 heteroatoms. The number of nitrogens with zero attached hydrogens (tertiary/aromatic N) is 5. The van der Waals surface area contributed by atoms with Crippen LogP contribution in [0.4, 0.5) is 5.69 Å². The van der Waals surface area contributed by atoms with Crippen LogP contribution in [0, 0.1) is 0 Å². The maximum absolute atomic E-state index is 12.6. The van der Waals surface area contributed by atoms with E-state index in [2.05, 4.69) is 15.4 Å². The lowest BCUT2D eigenvalue weighted by Crippen LogP contribution is -2.55. The van der Waals surface area contributed by atoms with Gasteiger partial charge in [0, 0.05) is 37.9 Å². The first-order chi connectivity index (χ1) is 13.6. The number of guanidine groups is 1. The molecule has 0 unspecified atom stereocenters. The van der Waals surface area contributed by atoms with Crippen molar-refractivity contribution in [3.8, 4) is 5.75 Å². The summed E-state index contributed by atoms with van der Waals surface area (Å²) in [7, 11) is 1.84. The van der Waals surface area contributed by atoms with E-state index in [1.807, 2.05) is 37.2 Å². The third kappa shape index (κ3) is 6.49. The maximum atomic E-state index is 12.6. The minimum atomic E-state index is 0. The summed E-state index contributed by atoms with van der Waals surface area (Å²) in [6.07, 6.45) is 3.56. The zero-order valence-corrected chi connectivity index (χ0v) is 19.6. The smallest absolute Gasteiger partial charge is 0.246 e. The van der Waals surface area contributed by atoms with E-state index in [-0.39, 0.29) is 36.4 Å². The molecule has 0 saturated carbocycles. The molecule has 0 atom stereocenters. The third-order valence-corrected chi connectivity index (χ3v) is 4.55. The molecule has 29 heavy (non-hydrogen) atoms. The highest BCUT2D eigenvalue weighted by Crippen LogP contribution is 2.17. The molecular formula is C19H26ClIN6O2. The standard InChI is InChI=1S/C19H25ClN6O2.HI/c1-3-21-19(22-8-11-28-17-6-4-15(20)5-7-17)25-9-10-26(18(27)14-25)16-12-23-24(2)13-16;/h4-7,12-13H,3,8-11,14H2,1-2H3,(H,21,22);1H. The number of aryl methyl sites for hydroxylation is 1. The zero-order valence-electron chi connectivity index (χ0n) is 16.5. The van der Waals surface area contributed by atoms with Crippen LogP contribution in [0.15, 0.2) is 41.7 Å². The predicted octanol–water partition coefficient (Wildman–Crippen LogP) is 2.38. The summed E-state index contributed by atoms with van der Waals surface area (Å²) in [5.74, 6) is 1.51. The number of hydrogen-bond donors (Lipinski definition) is 1. The van der Waals surface area contributed by atoms with Gasteiger partial charge in [0.2, 0.25) is 5.91 Å². The van der Waals surface area contributed by atoms with E-state index >= 15 is 0 Å². The van der Waals surface area contributed by atoms with Crippen molar-refractivity contribution in [3.05, 3.63) is 41.7 Å². The maximum Gasteiger partial charge on any atom is 0.246 e. The van der Waals surface area contributed by atoms with Crippen molar-refractivity contribution in [2.75, 3.05) is 44.2 Å². The summed E-state index contributed by atoms with van der Waals surface area (Å²) in [5, 5.41) is 8.07. The number of anilines is 1. The first kappa shape index (κ1) is 23.3. The minimum absolute atomic E-state index is 0. The lowest BCUT2D eigenvalue weighted by Gasteiger charge is -2.35. The Kier molecular flexibility index (Phi) is 9.02. The number of benzene rings is 1. The fourth-order valence-corrected chi connectivity index (χ4v) is 3.07. The molecule has 158 valence electrons. The molecule has 1 aliphatic heterocycles. The second-order valence-electron chi connectivity index (χ2n) is 6.38. The molecule has 8 nitrogen and oxygen atoms in total. The monoisotopic (exact) mass is 532 g/mol. The molecule has 0 radical (unpaired) electrons. The van der Waals surface area contributed by atoms with Gasteiger partial charge in [0.1, 0.15) is 18.9 Å². The second-order valence-corrected chi connectivity index (χ2v) is 6.81. The fraction of sp³-hybridized carbons (Fsp3) is 0.421. The number of aliphatic imine (C=N–C) groups is 1. The van der Waals surface area contributed by atoms with Gasteiger partial charge in [-0.25, -0.2) is 4.99 Å². The lowest BCUT2D eigenvalue weighted by atomic mass is 10.3. The van der Waals surface area contributed by atoms with Gasteiger partial charge < -0.3 is 19.9 Å². The SMILES string of the molecule is CCNC(=NCCOc1ccc(Cl)cc1)N1CCN(c2cnn(C)c2)C(=O)C1.I. The van der Waals surface area contributed by atoms with E-state index < -0.39 is 0 Å². The van der Waals surface area contributed by atoms with Gasteiger partial charge in [-0.3, -0.25) is 9.48 Å². The fourth-order valence-electron chi connectivity index (χ4n) is 2.95. The van der Waals surface area contributed by atoms with E-state index in [1.165, 1.54) is 0 Å². The normalized spacial score (nSPS) is 14.6. The number of ether oxygens (including phenoxy) is 1. The quantitative estimate of drug-likeness (QED) is 0.268. The highest BCUT2D eigenvalue weighted by Gasteiger charge is 2.27. The molecular weight excluding hydrogens is 507 g/mol. The van der Waals surface area contributed by atoms with E-state index in [1.54, 1.807) is 27.9 Å². The minimum Gasteiger partial charge on any atom is -0.492 e. The second kappa shape index (κ2) is 11.2. The Balaban J connectivity index is 0.00000300. The molecule has 1 saturated heterocycles. The largest absolute Gasteiger partial charge is 0.492 e. The van der Waals surface area contributed by atoms with Crippen molar-refractivity contribution in [2.24, 2.45) is 12.0 Å². The van der Waals surface area contributed by atoms with E-state index in [9.17, 15) is 4.79 Å². The number of amides is 1. The van der Waals surface area contributed by atoms with Crippen molar-refractivity contribution < 1.29 is 9.53 Å². The molecule has 0 bridgehead atoms. The molecule has 1 fully saturated rings. The Morgan fingerprint density at radius 3 is 2.69 bits per heavy atom. The molecule has 2 aromatic rings. The first-order valence-corrected chi connectivity index (χ1v) is 9.65. The summed E-state index contributed by atoms with van der Waals surface area (Å²) in [5.41, 5.74) is 0.824. The molecule has 1 aromatic heterocycles. The lowest BCUT2D eigenvalue weighted by molar-refractivity contribution is -0.120. The number of rotatable bonds is 6. The Hall–Kier alpha value is -2.01. The molecule has 0 aliphatic carbocycles. The van der Waals surface area contributed by atoms with Gasteiger partial charge in [-0.1, -0.05) is 11.6 Å². The average molecular weight is 533 g/mol. The number of hydrogen-bond acceptors (Lipinski definition) is 4. The number of aromatic nitrogens is 2. The van der Waals surface area contributed by atoms with Crippen molar-refractivity contribution in [1.82, 2.24) is 20.0 Å². The number of nitrogens with one attached hydrogen (secondary N) is 1. The number of piperazine rings is 1. The van der Waals surface area contributed by atoms with Crippen LogP contribution in [0.3, 0.4) is 0 Å². The van der Waals surface area contributed by atoms with E-state index in [0.717, 1.165) is 23.9 Å². The highest BCUT2D eigenvalue weighted by atomic mass is 127. The van der Waals surface area contributed by atoms with Crippen LogP contribution in [-0.4, -0.2) is 65.9 Å². The van der Waals surface area contributed by atoms with Gasteiger partial charge in [-0.15, -0.1) is 24.0 Å². The van der Waals surface area contributed by atoms with Crippen molar-refractivity contribution in [3.63, 3.8) is 0 Å². The summed E-state index contributed by atoms with van der Waals surface area (Å²) in [6, 6.07) is 7.23. The summed E-state index contributed by atoms with van der Waals surface area (Å²) in [4.78, 5) is 20.9. The molecule has 1 N–H and O–H groups in total. The van der Waals surface area contributed by atoms with Crippen LogP contribution in [0.2, 0.25) is 5.02 Å². The summed E-state index contributed by atoms with van der Waals surface area (Å²) >= 11 is 5.87. The van der Waals surface area contributed by atoms with Crippen molar-refractivity contribution in [2.45, 2.75) is 6.92 Å². The highest BCUT2D eigenvalue weighted by molar-refractivity contribution is 14.0. The van der Waals surface area contributed by atoms with Crippen LogP contribution in [0.5, 0.6) is 5.75 Å². The Labute approximate surface area is 192 Å². The van der Waals surface area contributed by atoms with Gasteiger partial charge in [-0.05, 0) is 31.2 Å². The van der Waals surface area contributed by atoms with Crippen LogP contribution in [0.1, 0.15) is 6.92 Å². The van der Waals surface area contributed by atoms with Gasteiger partial charge in [-0.2, -0.15) is 5.10 Å². The topological polar surface area (TPSA) is 75.0 Å². The number of carbonyl (C=O) groups is 1. The number of halogens is 2. The molecule has 1 aromatic carbocycles. The van der Waals surface area contributed by atoms with Crippen molar-refractivity contribution >= 4 is 53.1 Å². The molecule has 2 heterocycles. The first-order valence-electron chi connectivity index (χ1n) is 9.27. The molecule has 1 amide bonds. The Bertz CT molecular complexity index is 826. The molecule has 3 rings (SSSR count). The molecule has 0 spiro atoms. The molecule has 1 aliphatic rings. The van der Waals surface area contributed by atoms with Crippen LogP contribution < -0.4 is 15.0 Å².